The van der Waals surface area contributed by atoms with Gasteiger partial charge in [0, 0.05) is 31.1 Å². The second-order valence-electron chi connectivity index (χ2n) is 8.44. The van der Waals surface area contributed by atoms with Crippen molar-refractivity contribution < 1.29 is 32.9 Å². The average molecular weight is 432 g/mol. The Labute approximate surface area is 177 Å². The number of halogens is 2. The van der Waals surface area contributed by atoms with E-state index < -0.39 is 12.4 Å². The molecule has 9 heteroatoms. The molecule has 2 aromatic carbocycles. The van der Waals surface area contributed by atoms with E-state index in [-0.39, 0.29) is 16.9 Å². The van der Waals surface area contributed by atoms with Crippen molar-refractivity contribution in [2.24, 2.45) is 5.41 Å². The molecular weight excluding hydrogens is 410 g/mol. The minimum absolute atomic E-state index is 0.0214. The zero-order valence-corrected chi connectivity index (χ0v) is 16.7. The Bertz CT molecular complexity index is 999. The Kier molecular flexibility index (Phi) is 4.65. The molecule has 2 saturated heterocycles. The molecule has 0 radical (unpaired) electrons. The summed E-state index contributed by atoms with van der Waals surface area (Å²) in [6.45, 7) is 3.90. The SMILES string of the molecule is O=C(O)N1CC2(CCN(Cc3cccc(Oc4ccc5c(c4)OC(F)(F)O5)c3)CC2)C1. The molecule has 0 saturated carbocycles. The first-order valence-electron chi connectivity index (χ1n) is 10.2. The highest BCUT2D eigenvalue weighted by atomic mass is 19.3. The molecule has 0 unspecified atom stereocenters. The summed E-state index contributed by atoms with van der Waals surface area (Å²) in [6.07, 6.45) is -2.50. The van der Waals surface area contributed by atoms with Gasteiger partial charge in [-0.1, -0.05) is 12.1 Å². The molecule has 164 valence electrons. The lowest BCUT2D eigenvalue weighted by molar-refractivity contribution is -0.286. The number of benzene rings is 2. The molecule has 3 heterocycles. The second kappa shape index (κ2) is 7.26. The molecule has 2 aromatic rings. The lowest BCUT2D eigenvalue weighted by atomic mass is 9.72. The summed E-state index contributed by atoms with van der Waals surface area (Å²) in [5, 5.41) is 9.05. The summed E-state index contributed by atoms with van der Waals surface area (Å²) in [4.78, 5) is 14.9. The third-order valence-electron chi connectivity index (χ3n) is 6.15. The van der Waals surface area contributed by atoms with Crippen LogP contribution in [0.4, 0.5) is 13.6 Å². The van der Waals surface area contributed by atoms with Crippen LogP contribution in [0.2, 0.25) is 0 Å². The minimum atomic E-state index is -3.65. The van der Waals surface area contributed by atoms with Gasteiger partial charge >= 0.3 is 12.4 Å². The zero-order chi connectivity index (χ0) is 21.6. The van der Waals surface area contributed by atoms with E-state index in [4.69, 9.17) is 9.84 Å². The highest BCUT2D eigenvalue weighted by Gasteiger charge is 2.46. The monoisotopic (exact) mass is 432 g/mol. The molecule has 0 aromatic heterocycles. The number of carbonyl (C=O) groups is 1. The van der Waals surface area contributed by atoms with Crippen molar-refractivity contribution in [2.75, 3.05) is 26.2 Å². The summed E-state index contributed by atoms with van der Waals surface area (Å²) >= 11 is 0. The van der Waals surface area contributed by atoms with E-state index in [9.17, 15) is 13.6 Å². The fraction of sp³-hybridized carbons (Fsp3) is 0.409. The summed E-state index contributed by atoms with van der Waals surface area (Å²) < 4.78 is 41.1. The van der Waals surface area contributed by atoms with E-state index in [0.29, 0.717) is 24.6 Å². The van der Waals surface area contributed by atoms with E-state index >= 15 is 0 Å². The number of likely N-dealkylation sites (tertiary alicyclic amines) is 2. The van der Waals surface area contributed by atoms with Crippen LogP contribution in [-0.4, -0.2) is 53.5 Å². The molecule has 31 heavy (non-hydrogen) atoms. The van der Waals surface area contributed by atoms with Crippen molar-refractivity contribution in [1.82, 2.24) is 9.80 Å². The van der Waals surface area contributed by atoms with Crippen LogP contribution in [0.3, 0.4) is 0 Å². The van der Waals surface area contributed by atoms with Crippen LogP contribution < -0.4 is 14.2 Å². The van der Waals surface area contributed by atoms with Crippen LogP contribution >= 0.6 is 0 Å². The highest BCUT2D eigenvalue weighted by Crippen LogP contribution is 2.43. The smallest absolute Gasteiger partial charge is 0.465 e. The largest absolute Gasteiger partial charge is 0.586 e. The number of piperidine rings is 1. The number of amides is 1. The van der Waals surface area contributed by atoms with E-state index in [1.807, 2.05) is 24.3 Å². The normalized spacial score (nSPS) is 21.0. The third-order valence-corrected chi connectivity index (χ3v) is 6.15. The standard InChI is InChI=1S/C22H22F2N2O5/c23-22(24)30-18-5-4-17(11-19(18)31-22)29-16-3-1-2-15(10-16)12-25-8-6-21(7-9-25)13-26(14-21)20(27)28/h1-5,10-11H,6-9,12-14H2,(H,27,28). The number of nitrogens with zero attached hydrogens (tertiary/aromatic N) is 2. The van der Waals surface area contributed by atoms with Crippen LogP contribution in [0.15, 0.2) is 42.5 Å². The number of hydrogen-bond donors (Lipinski definition) is 1. The Morgan fingerprint density at radius 2 is 1.74 bits per heavy atom. The van der Waals surface area contributed by atoms with Gasteiger partial charge in [-0.3, -0.25) is 4.90 Å². The maximum atomic E-state index is 13.2. The minimum Gasteiger partial charge on any atom is -0.465 e. The lowest BCUT2D eigenvalue weighted by Crippen LogP contribution is -2.61. The Morgan fingerprint density at radius 3 is 2.48 bits per heavy atom. The van der Waals surface area contributed by atoms with E-state index in [0.717, 1.165) is 38.0 Å². The zero-order valence-electron chi connectivity index (χ0n) is 16.7. The van der Waals surface area contributed by atoms with Crippen molar-refractivity contribution in [2.45, 2.75) is 25.7 Å². The molecule has 3 aliphatic heterocycles. The third kappa shape index (κ3) is 4.10. The molecule has 1 amide bonds. The Hall–Kier alpha value is -3.07. The number of fused-ring (bicyclic) bond motifs is 1. The first-order chi connectivity index (χ1) is 14.8. The van der Waals surface area contributed by atoms with Gasteiger partial charge in [0.1, 0.15) is 11.5 Å². The van der Waals surface area contributed by atoms with Gasteiger partial charge in [0.25, 0.3) is 0 Å². The Morgan fingerprint density at radius 1 is 1.03 bits per heavy atom. The predicted molar refractivity (Wildman–Crippen MR) is 106 cm³/mol. The van der Waals surface area contributed by atoms with Gasteiger partial charge in [-0.05, 0) is 55.8 Å². The van der Waals surface area contributed by atoms with Crippen LogP contribution in [-0.2, 0) is 6.54 Å². The second-order valence-corrected chi connectivity index (χ2v) is 8.44. The maximum absolute atomic E-state index is 13.2. The molecule has 0 bridgehead atoms. The molecule has 7 nitrogen and oxygen atoms in total. The fourth-order valence-corrected chi connectivity index (χ4v) is 4.49. The van der Waals surface area contributed by atoms with Crippen molar-refractivity contribution in [1.29, 1.82) is 0 Å². The van der Waals surface area contributed by atoms with Gasteiger partial charge in [0.05, 0.1) is 0 Å². The highest BCUT2D eigenvalue weighted by molar-refractivity contribution is 5.66. The molecule has 5 rings (SSSR count). The van der Waals surface area contributed by atoms with Gasteiger partial charge in [-0.2, -0.15) is 0 Å². The average Bonchev–Trinajstić information content (AvgIpc) is 3.00. The summed E-state index contributed by atoms with van der Waals surface area (Å²) in [7, 11) is 0. The number of carboxylic acid groups (broad SMARTS) is 1. The molecular formula is C22H22F2N2O5. The van der Waals surface area contributed by atoms with Gasteiger partial charge < -0.3 is 24.2 Å². The quantitative estimate of drug-likeness (QED) is 0.774. The predicted octanol–water partition coefficient (Wildman–Crippen LogP) is 4.38. The van der Waals surface area contributed by atoms with Crippen LogP contribution in [0.5, 0.6) is 23.0 Å². The summed E-state index contributed by atoms with van der Waals surface area (Å²) in [5.41, 5.74) is 1.23. The molecule has 0 atom stereocenters. The van der Waals surface area contributed by atoms with Gasteiger partial charge in [0.15, 0.2) is 11.5 Å². The maximum Gasteiger partial charge on any atom is 0.586 e. The molecule has 1 N–H and O–H groups in total. The number of rotatable bonds is 4. The van der Waals surface area contributed by atoms with E-state index in [1.165, 1.54) is 17.0 Å². The number of hydrogen-bond acceptors (Lipinski definition) is 5. The van der Waals surface area contributed by atoms with Crippen LogP contribution in [0.1, 0.15) is 18.4 Å². The first kappa shape index (κ1) is 19.9. The van der Waals surface area contributed by atoms with Crippen molar-refractivity contribution >= 4 is 6.09 Å². The number of ether oxygens (including phenoxy) is 3. The van der Waals surface area contributed by atoms with Gasteiger partial charge in [-0.25, -0.2) is 4.79 Å². The summed E-state index contributed by atoms with van der Waals surface area (Å²) in [6, 6.07) is 12.0. The van der Waals surface area contributed by atoms with Crippen molar-refractivity contribution in [3.05, 3.63) is 48.0 Å². The topological polar surface area (TPSA) is 71.5 Å². The van der Waals surface area contributed by atoms with E-state index in [2.05, 4.69) is 14.4 Å². The fourth-order valence-electron chi connectivity index (χ4n) is 4.49. The van der Waals surface area contributed by atoms with Crippen LogP contribution in [0, 0.1) is 5.41 Å². The first-order valence-corrected chi connectivity index (χ1v) is 10.2. The van der Waals surface area contributed by atoms with Crippen LogP contribution in [0.25, 0.3) is 0 Å². The van der Waals surface area contributed by atoms with Gasteiger partial charge in [-0.15, -0.1) is 8.78 Å². The molecule has 1 spiro atoms. The summed E-state index contributed by atoms with van der Waals surface area (Å²) in [5.74, 6) is 0.906. The van der Waals surface area contributed by atoms with Crippen molar-refractivity contribution in [3.63, 3.8) is 0 Å². The molecule has 3 aliphatic rings. The number of alkyl halides is 2. The van der Waals surface area contributed by atoms with E-state index in [1.54, 1.807) is 6.07 Å². The molecule has 2 fully saturated rings. The Balaban J connectivity index is 1.18. The lowest BCUT2D eigenvalue weighted by Gasteiger charge is -2.52. The molecule has 0 aliphatic carbocycles. The van der Waals surface area contributed by atoms with Crippen molar-refractivity contribution in [3.8, 4) is 23.0 Å². The van der Waals surface area contributed by atoms with Gasteiger partial charge in [0.2, 0.25) is 0 Å².